The van der Waals surface area contributed by atoms with E-state index in [4.69, 9.17) is 5.73 Å². The lowest BCUT2D eigenvalue weighted by Gasteiger charge is -2.11. The normalized spacial score (nSPS) is 23.9. The SMILES string of the molecule is CC1(C)CC1CNC(=O)c1sc(N2CCCC2)nc1N. The highest BCUT2D eigenvalue weighted by molar-refractivity contribution is 7.18. The van der Waals surface area contributed by atoms with Crippen LogP contribution in [0.2, 0.25) is 0 Å². The molecule has 0 spiro atoms. The molecule has 2 fully saturated rings. The van der Waals surface area contributed by atoms with Crippen LogP contribution < -0.4 is 16.0 Å². The van der Waals surface area contributed by atoms with E-state index in [9.17, 15) is 4.79 Å². The second kappa shape index (κ2) is 4.91. The third-order valence-corrected chi connectivity index (χ3v) is 5.58. The Hall–Kier alpha value is -1.30. The smallest absolute Gasteiger partial charge is 0.265 e. The molecule has 5 nitrogen and oxygen atoms in total. The number of amides is 1. The molecule has 3 N–H and O–H groups in total. The van der Waals surface area contributed by atoms with E-state index in [-0.39, 0.29) is 5.91 Å². The highest BCUT2D eigenvalue weighted by Gasteiger charge is 2.45. The number of nitrogen functional groups attached to an aromatic ring is 1. The fourth-order valence-electron chi connectivity index (χ4n) is 2.75. The zero-order chi connectivity index (χ0) is 14.3. The van der Waals surface area contributed by atoms with E-state index in [0.29, 0.717) is 22.0 Å². The molecule has 1 amide bonds. The Labute approximate surface area is 123 Å². The summed E-state index contributed by atoms with van der Waals surface area (Å²) in [7, 11) is 0. The van der Waals surface area contributed by atoms with Gasteiger partial charge < -0.3 is 16.0 Å². The molecule has 2 heterocycles. The van der Waals surface area contributed by atoms with Gasteiger partial charge in [0.05, 0.1) is 0 Å². The minimum Gasteiger partial charge on any atom is -0.382 e. The van der Waals surface area contributed by atoms with Crippen molar-refractivity contribution in [2.45, 2.75) is 33.1 Å². The van der Waals surface area contributed by atoms with Gasteiger partial charge in [-0.2, -0.15) is 0 Å². The van der Waals surface area contributed by atoms with Crippen LogP contribution in [-0.2, 0) is 0 Å². The maximum absolute atomic E-state index is 12.2. The number of rotatable bonds is 4. The Kier molecular flexibility index (Phi) is 3.36. The number of hydrogen-bond acceptors (Lipinski definition) is 5. The van der Waals surface area contributed by atoms with Crippen LogP contribution in [0.25, 0.3) is 0 Å². The number of nitrogens with one attached hydrogen (secondary N) is 1. The molecule has 110 valence electrons. The zero-order valence-electron chi connectivity index (χ0n) is 12.1. The van der Waals surface area contributed by atoms with Gasteiger partial charge in [-0.15, -0.1) is 0 Å². The average molecular weight is 294 g/mol. The van der Waals surface area contributed by atoms with Crippen molar-refractivity contribution in [2.24, 2.45) is 11.3 Å². The molecule has 0 bridgehead atoms. The number of carbonyl (C=O) groups excluding carboxylic acids is 1. The standard InChI is InChI=1S/C14H22N4OS/c1-14(2)7-9(14)8-16-12(19)10-11(15)17-13(20-10)18-5-3-4-6-18/h9H,3-8,15H2,1-2H3,(H,16,19). The monoisotopic (exact) mass is 294 g/mol. The van der Waals surface area contributed by atoms with Crippen molar-refractivity contribution < 1.29 is 4.79 Å². The summed E-state index contributed by atoms with van der Waals surface area (Å²) < 4.78 is 0. The topological polar surface area (TPSA) is 71.2 Å². The van der Waals surface area contributed by atoms with E-state index in [0.717, 1.165) is 24.8 Å². The summed E-state index contributed by atoms with van der Waals surface area (Å²) in [6, 6.07) is 0. The van der Waals surface area contributed by atoms with E-state index in [1.165, 1.54) is 30.6 Å². The van der Waals surface area contributed by atoms with Crippen LogP contribution in [0.4, 0.5) is 10.9 Å². The molecule has 0 radical (unpaired) electrons. The summed E-state index contributed by atoms with van der Waals surface area (Å²) in [6.07, 6.45) is 3.57. The van der Waals surface area contributed by atoms with Crippen LogP contribution in [0.15, 0.2) is 0 Å². The molecule has 1 unspecified atom stereocenters. The van der Waals surface area contributed by atoms with Gasteiger partial charge in [0.15, 0.2) is 5.13 Å². The Morgan fingerprint density at radius 1 is 1.50 bits per heavy atom. The first-order chi connectivity index (χ1) is 9.47. The molecule has 6 heteroatoms. The number of nitrogens with zero attached hydrogens (tertiary/aromatic N) is 2. The maximum atomic E-state index is 12.2. The molecule has 1 saturated carbocycles. The molecular weight excluding hydrogens is 272 g/mol. The highest BCUT2D eigenvalue weighted by atomic mass is 32.1. The average Bonchev–Trinajstić information content (AvgIpc) is 2.81. The largest absolute Gasteiger partial charge is 0.382 e. The first-order valence-corrected chi connectivity index (χ1v) is 8.08. The Balaban J connectivity index is 1.62. The Bertz CT molecular complexity index is 519. The van der Waals surface area contributed by atoms with Gasteiger partial charge in [0, 0.05) is 19.6 Å². The molecule has 3 rings (SSSR count). The lowest BCUT2D eigenvalue weighted by Crippen LogP contribution is -2.26. The van der Waals surface area contributed by atoms with Crippen molar-refractivity contribution in [3.05, 3.63) is 4.88 Å². The van der Waals surface area contributed by atoms with Gasteiger partial charge in [0.2, 0.25) is 0 Å². The van der Waals surface area contributed by atoms with Crippen LogP contribution in [0, 0.1) is 11.3 Å². The molecule has 1 aliphatic heterocycles. The predicted octanol–water partition coefficient (Wildman–Crippen LogP) is 2.10. The van der Waals surface area contributed by atoms with Gasteiger partial charge in [-0.05, 0) is 30.6 Å². The molecule has 1 aromatic rings. The van der Waals surface area contributed by atoms with Gasteiger partial charge >= 0.3 is 0 Å². The zero-order valence-corrected chi connectivity index (χ0v) is 12.9. The highest BCUT2D eigenvalue weighted by Crippen LogP contribution is 2.51. The number of hydrogen-bond donors (Lipinski definition) is 2. The van der Waals surface area contributed by atoms with E-state index >= 15 is 0 Å². The fraction of sp³-hybridized carbons (Fsp3) is 0.714. The third-order valence-electron chi connectivity index (χ3n) is 4.45. The van der Waals surface area contributed by atoms with Crippen LogP contribution >= 0.6 is 11.3 Å². The van der Waals surface area contributed by atoms with Crippen molar-refractivity contribution in [1.82, 2.24) is 10.3 Å². The van der Waals surface area contributed by atoms with Crippen molar-refractivity contribution in [3.8, 4) is 0 Å². The van der Waals surface area contributed by atoms with Crippen molar-refractivity contribution in [3.63, 3.8) is 0 Å². The fourth-order valence-corrected chi connectivity index (χ4v) is 3.70. The number of thiazole rings is 1. The molecule has 1 aromatic heterocycles. The van der Waals surface area contributed by atoms with Crippen LogP contribution in [0.3, 0.4) is 0 Å². The first kappa shape index (κ1) is 13.7. The maximum Gasteiger partial charge on any atom is 0.265 e. The minimum atomic E-state index is -0.0758. The van der Waals surface area contributed by atoms with Gasteiger partial charge in [-0.25, -0.2) is 4.98 Å². The van der Waals surface area contributed by atoms with E-state index in [2.05, 4.69) is 29.0 Å². The molecule has 1 saturated heterocycles. The van der Waals surface area contributed by atoms with Crippen LogP contribution in [0.5, 0.6) is 0 Å². The second-order valence-electron chi connectivity index (χ2n) is 6.50. The summed E-state index contributed by atoms with van der Waals surface area (Å²) in [5.41, 5.74) is 6.28. The molecule has 1 aliphatic carbocycles. The van der Waals surface area contributed by atoms with Gasteiger partial charge in [0.1, 0.15) is 10.7 Å². The second-order valence-corrected chi connectivity index (χ2v) is 7.48. The van der Waals surface area contributed by atoms with E-state index < -0.39 is 0 Å². The molecule has 20 heavy (non-hydrogen) atoms. The predicted molar refractivity (Wildman–Crippen MR) is 82.2 cm³/mol. The van der Waals surface area contributed by atoms with Crippen molar-refractivity contribution >= 4 is 28.2 Å². The van der Waals surface area contributed by atoms with Crippen LogP contribution in [-0.4, -0.2) is 30.5 Å². The number of nitrogens with two attached hydrogens (primary N) is 1. The summed E-state index contributed by atoms with van der Waals surface area (Å²) in [6.45, 7) is 7.24. The summed E-state index contributed by atoms with van der Waals surface area (Å²) in [4.78, 5) is 19.3. The Morgan fingerprint density at radius 3 is 2.75 bits per heavy atom. The lowest BCUT2D eigenvalue weighted by molar-refractivity contribution is 0.0955. The Morgan fingerprint density at radius 2 is 2.15 bits per heavy atom. The van der Waals surface area contributed by atoms with Gasteiger partial charge in [-0.1, -0.05) is 25.2 Å². The number of carbonyl (C=O) groups is 1. The van der Waals surface area contributed by atoms with E-state index in [1.807, 2.05) is 0 Å². The third kappa shape index (κ3) is 2.61. The van der Waals surface area contributed by atoms with Crippen molar-refractivity contribution in [2.75, 3.05) is 30.3 Å². The summed E-state index contributed by atoms with van der Waals surface area (Å²) in [5, 5.41) is 3.88. The summed E-state index contributed by atoms with van der Waals surface area (Å²) in [5.74, 6) is 0.885. The molecule has 0 aromatic carbocycles. The quantitative estimate of drug-likeness (QED) is 0.892. The number of aromatic nitrogens is 1. The molecule has 2 aliphatic rings. The summed E-state index contributed by atoms with van der Waals surface area (Å²) >= 11 is 1.41. The van der Waals surface area contributed by atoms with Crippen molar-refractivity contribution in [1.29, 1.82) is 0 Å². The van der Waals surface area contributed by atoms with E-state index in [1.54, 1.807) is 0 Å². The lowest BCUT2D eigenvalue weighted by atomic mass is 10.1. The van der Waals surface area contributed by atoms with Gasteiger partial charge in [-0.3, -0.25) is 4.79 Å². The number of anilines is 2. The molecule has 1 atom stereocenters. The molecular formula is C14H22N4OS. The van der Waals surface area contributed by atoms with Crippen LogP contribution in [0.1, 0.15) is 42.8 Å². The van der Waals surface area contributed by atoms with Gasteiger partial charge in [0.25, 0.3) is 5.91 Å². The minimum absolute atomic E-state index is 0.0758. The first-order valence-electron chi connectivity index (χ1n) is 7.27.